The zero-order valence-corrected chi connectivity index (χ0v) is 12.7. The molecule has 0 aliphatic heterocycles. The van der Waals surface area contributed by atoms with E-state index >= 15 is 0 Å². The highest BCUT2D eigenvalue weighted by Gasteiger charge is 2.23. The van der Waals surface area contributed by atoms with Crippen LogP contribution < -0.4 is 5.32 Å². The molecule has 0 saturated heterocycles. The van der Waals surface area contributed by atoms with Crippen molar-refractivity contribution in [2.45, 2.75) is 19.3 Å². The SMILES string of the molecule is CC(=O)c1cccc(NC(=O)C[C@H](C(=O)O)c2ccccc2)c1. The van der Waals surface area contributed by atoms with Crippen molar-refractivity contribution in [2.75, 3.05) is 5.32 Å². The molecule has 0 heterocycles. The summed E-state index contributed by atoms with van der Waals surface area (Å²) in [5, 5.41) is 12.0. The molecule has 118 valence electrons. The molecule has 0 aliphatic rings. The predicted octanol–water partition coefficient (Wildman–Crippen LogP) is 3.09. The van der Waals surface area contributed by atoms with Crippen LogP contribution in [-0.4, -0.2) is 22.8 Å². The highest BCUT2D eigenvalue weighted by molar-refractivity contribution is 5.98. The maximum atomic E-state index is 12.1. The molecule has 0 radical (unpaired) electrons. The van der Waals surface area contributed by atoms with E-state index in [1.54, 1.807) is 54.6 Å². The smallest absolute Gasteiger partial charge is 0.311 e. The van der Waals surface area contributed by atoms with Crippen LogP contribution in [0.4, 0.5) is 5.69 Å². The summed E-state index contributed by atoms with van der Waals surface area (Å²) in [5.41, 5.74) is 1.54. The zero-order chi connectivity index (χ0) is 16.8. The Hall–Kier alpha value is -2.95. The minimum atomic E-state index is -1.05. The van der Waals surface area contributed by atoms with Crippen LogP contribution >= 0.6 is 0 Å². The van der Waals surface area contributed by atoms with E-state index in [1.807, 2.05) is 0 Å². The summed E-state index contributed by atoms with van der Waals surface area (Å²) in [6, 6.07) is 15.2. The lowest BCUT2D eigenvalue weighted by Crippen LogP contribution is -2.21. The van der Waals surface area contributed by atoms with Crippen molar-refractivity contribution in [2.24, 2.45) is 0 Å². The number of rotatable bonds is 6. The number of aliphatic carboxylic acids is 1. The van der Waals surface area contributed by atoms with Gasteiger partial charge in [0.05, 0.1) is 5.92 Å². The van der Waals surface area contributed by atoms with Crippen LogP contribution in [0.2, 0.25) is 0 Å². The number of ketones is 1. The average Bonchev–Trinajstić information content (AvgIpc) is 2.53. The van der Waals surface area contributed by atoms with E-state index in [1.165, 1.54) is 6.92 Å². The average molecular weight is 311 g/mol. The second kappa shape index (κ2) is 7.35. The number of hydrogen-bond donors (Lipinski definition) is 2. The minimum absolute atomic E-state index is 0.103. The van der Waals surface area contributed by atoms with E-state index in [-0.39, 0.29) is 12.2 Å². The number of carbonyl (C=O) groups excluding carboxylic acids is 2. The second-order valence-electron chi connectivity index (χ2n) is 5.19. The first kappa shape index (κ1) is 16.4. The Morgan fingerprint density at radius 2 is 1.74 bits per heavy atom. The van der Waals surface area contributed by atoms with Gasteiger partial charge < -0.3 is 10.4 Å². The lowest BCUT2D eigenvalue weighted by Gasteiger charge is -2.13. The van der Waals surface area contributed by atoms with Crippen molar-refractivity contribution in [1.82, 2.24) is 0 Å². The molecule has 0 bridgehead atoms. The fraction of sp³-hybridized carbons (Fsp3) is 0.167. The Balaban J connectivity index is 2.10. The van der Waals surface area contributed by atoms with Gasteiger partial charge in [-0.1, -0.05) is 42.5 Å². The summed E-state index contributed by atoms with van der Waals surface area (Å²) in [4.78, 5) is 34.9. The highest BCUT2D eigenvalue weighted by Crippen LogP contribution is 2.21. The highest BCUT2D eigenvalue weighted by atomic mass is 16.4. The molecule has 1 amide bonds. The van der Waals surface area contributed by atoms with Gasteiger partial charge in [0.25, 0.3) is 0 Å². The quantitative estimate of drug-likeness (QED) is 0.803. The number of benzene rings is 2. The number of anilines is 1. The maximum absolute atomic E-state index is 12.1. The summed E-state index contributed by atoms with van der Waals surface area (Å²) in [6.07, 6.45) is -0.177. The van der Waals surface area contributed by atoms with Crippen molar-refractivity contribution in [3.8, 4) is 0 Å². The number of carboxylic acids is 1. The van der Waals surface area contributed by atoms with Crippen molar-refractivity contribution >= 4 is 23.3 Å². The van der Waals surface area contributed by atoms with Crippen LogP contribution in [0.3, 0.4) is 0 Å². The largest absolute Gasteiger partial charge is 0.481 e. The van der Waals surface area contributed by atoms with Crippen LogP contribution in [0.5, 0.6) is 0 Å². The molecule has 23 heavy (non-hydrogen) atoms. The Morgan fingerprint density at radius 3 is 2.35 bits per heavy atom. The number of nitrogens with one attached hydrogen (secondary N) is 1. The van der Waals surface area contributed by atoms with Crippen LogP contribution in [-0.2, 0) is 9.59 Å². The fourth-order valence-corrected chi connectivity index (χ4v) is 2.25. The summed E-state index contributed by atoms with van der Waals surface area (Å²) >= 11 is 0. The van der Waals surface area contributed by atoms with Gasteiger partial charge in [-0.25, -0.2) is 0 Å². The third-order valence-electron chi connectivity index (χ3n) is 3.44. The lowest BCUT2D eigenvalue weighted by molar-refractivity contribution is -0.140. The van der Waals surface area contributed by atoms with Gasteiger partial charge in [-0.2, -0.15) is 0 Å². The van der Waals surface area contributed by atoms with Crippen LogP contribution in [0.1, 0.15) is 35.2 Å². The zero-order valence-electron chi connectivity index (χ0n) is 12.7. The number of Topliss-reactive ketones (excluding diaryl/α,β-unsaturated/α-hetero) is 1. The van der Waals surface area contributed by atoms with Gasteiger partial charge in [0.1, 0.15) is 0 Å². The molecule has 5 nitrogen and oxygen atoms in total. The van der Waals surface area contributed by atoms with E-state index in [0.717, 1.165) is 0 Å². The van der Waals surface area contributed by atoms with Crippen LogP contribution in [0.15, 0.2) is 54.6 Å². The van der Waals surface area contributed by atoms with E-state index in [9.17, 15) is 19.5 Å². The molecular weight excluding hydrogens is 294 g/mol. The molecule has 0 spiro atoms. The molecular formula is C18H17NO4. The van der Waals surface area contributed by atoms with Gasteiger partial charge in [0.15, 0.2) is 5.78 Å². The van der Waals surface area contributed by atoms with Crippen molar-refractivity contribution < 1.29 is 19.5 Å². The molecule has 2 aromatic carbocycles. The molecule has 2 rings (SSSR count). The molecule has 0 aliphatic carbocycles. The number of hydrogen-bond acceptors (Lipinski definition) is 3. The molecule has 0 fully saturated rings. The first-order valence-electron chi connectivity index (χ1n) is 7.16. The third-order valence-corrected chi connectivity index (χ3v) is 3.44. The molecule has 2 N–H and O–H groups in total. The van der Waals surface area contributed by atoms with Gasteiger partial charge >= 0.3 is 5.97 Å². The number of carboxylic acid groups (broad SMARTS) is 1. The van der Waals surface area contributed by atoms with Crippen molar-refractivity contribution in [1.29, 1.82) is 0 Å². The van der Waals surface area contributed by atoms with E-state index in [2.05, 4.69) is 5.32 Å². The van der Waals surface area contributed by atoms with E-state index < -0.39 is 17.8 Å². The standard InChI is InChI=1S/C18H17NO4/c1-12(20)14-8-5-9-15(10-14)19-17(21)11-16(18(22)23)13-6-3-2-4-7-13/h2-10,16H,11H2,1H3,(H,19,21)(H,22,23)/t16-/m0/s1. The van der Waals surface area contributed by atoms with Gasteiger partial charge in [-0.05, 0) is 24.6 Å². The lowest BCUT2D eigenvalue weighted by atomic mass is 9.95. The van der Waals surface area contributed by atoms with Gasteiger partial charge in [-0.3, -0.25) is 14.4 Å². The molecule has 0 saturated carbocycles. The second-order valence-corrected chi connectivity index (χ2v) is 5.19. The fourth-order valence-electron chi connectivity index (χ4n) is 2.25. The molecule has 2 aromatic rings. The number of carbonyl (C=O) groups is 3. The number of amides is 1. The summed E-state index contributed by atoms with van der Waals surface area (Å²) < 4.78 is 0. The normalized spacial score (nSPS) is 11.5. The minimum Gasteiger partial charge on any atom is -0.481 e. The Labute approximate surface area is 134 Å². The van der Waals surface area contributed by atoms with Gasteiger partial charge in [0, 0.05) is 17.7 Å². The monoisotopic (exact) mass is 311 g/mol. The summed E-state index contributed by atoms with van der Waals surface area (Å²) in [6.45, 7) is 1.44. The Morgan fingerprint density at radius 1 is 1.04 bits per heavy atom. The van der Waals surface area contributed by atoms with Crippen molar-refractivity contribution in [3.05, 3.63) is 65.7 Å². The van der Waals surface area contributed by atoms with Crippen LogP contribution in [0.25, 0.3) is 0 Å². The maximum Gasteiger partial charge on any atom is 0.311 e. The Bertz CT molecular complexity index is 725. The van der Waals surface area contributed by atoms with Gasteiger partial charge in [-0.15, -0.1) is 0 Å². The first-order chi connectivity index (χ1) is 11.0. The van der Waals surface area contributed by atoms with Crippen molar-refractivity contribution in [3.63, 3.8) is 0 Å². The molecule has 5 heteroatoms. The predicted molar refractivity (Wildman–Crippen MR) is 86.5 cm³/mol. The third kappa shape index (κ3) is 4.51. The summed E-state index contributed by atoms with van der Waals surface area (Å²) in [5.74, 6) is -2.48. The molecule has 0 aromatic heterocycles. The molecule has 0 unspecified atom stereocenters. The summed E-state index contributed by atoms with van der Waals surface area (Å²) in [7, 11) is 0. The topological polar surface area (TPSA) is 83.5 Å². The van der Waals surface area contributed by atoms with E-state index in [0.29, 0.717) is 16.8 Å². The first-order valence-corrected chi connectivity index (χ1v) is 7.16. The van der Waals surface area contributed by atoms with Gasteiger partial charge in [0.2, 0.25) is 5.91 Å². The molecule has 1 atom stereocenters. The Kier molecular flexibility index (Phi) is 5.25. The van der Waals surface area contributed by atoms with E-state index in [4.69, 9.17) is 0 Å². The van der Waals surface area contributed by atoms with Crippen LogP contribution in [0, 0.1) is 0 Å².